The molecule has 0 heterocycles. The lowest BCUT2D eigenvalue weighted by Gasteiger charge is -2.45. The van der Waals surface area contributed by atoms with Crippen LogP contribution in [0.4, 0.5) is 0 Å². The first-order valence-electron chi connectivity index (χ1n) is 15.2. The molecular weight excluding hydrogens is 587 g/mol. The lowest BCUT2D eigenvalue weighted by atomic mass is 9.68. The molecule has 6 heteroatoms. The molecule has 2 nitrogen and oxygen atoms in total. The van der Waals surface area contributed by atoms with Gasteiger partial charge in [-0.15, -0.1) is 0 Å². The smallest absolute Gasteiger partial charge is 0.148 e. The van der Waals surface area contributed by atoms with Crippen molar-refractivity contribution in [1.82, 2.24) is 0 Å². The molecule has 0 N–H and O–H groups in total. The lowest BCUT2D eigenvalue weighted by molar-refractivity contribution is -0.0690. The van der Waals surface area contributed by atoms with E-state index < -0.39 is 8.07 Å². The van der Waals surface area contributed by atoms with Crippen molar-refractivity contribution in [3.63, 3.8) is 0 Å². The molecule has 0 aliphatic heterocycles. The van der Waals surface area contributed by atoms with E-state index in [-0.39, 0.29) is 5.41 Å². The number of halogens is 3. The van der Waals surface area contributed by atoms with Gasteiger partial charge in [0.15, 0.2) is 0 Å². The van der Waals surface area contributed by atoms with Crippen LogP contribution in [-0.4, -0.2) is 34.5 Å². The summed E-state index contributed by atoms with van der Waals surface area (Å²) in [7, 11) is -2.55. The number of ether oxygens (including phenoxy) is 2. The first kappa shape index (κ1) is 32.6. The Balaban J connectivity index is 1.86. The Morgan fingerprint density at radius 2 is 1.15 bits per heavy atom. The van der Waals surface area contributed by atoms with E-state index in [2.05, 4.69) is 57.2 Å². The predicted octanol–water partition coefficient (Wildman–Crippen LogP) is 8.78. The normalized spacial score (nSPS) is 16.2. The maximum absolute atomic E-state index is 6.52. The van der Waals surface area contributed by atoms with Crippen molar-refractivity contribution in [2.24, 2.45) is 17.3 Å². The molecule has 0 spiro atoms. The highest BCUT2D eigenvalue weighted by Gasteiger charge is 2.45. The highest BCUT2D eigenvalue weighted by Crippen LogP contribution is 2.44. The molecule has 3 aromatic carbocycles. The van der Waals surface area contributed by atoms with Crippen molar-refractivity contribution in [3.05, 3.63) is 87.9 Å². The van der Waals surface area contributed by atoms with Crippen molar-refractivity contribution in [1.29, 1.82) is 0 Å². The molecule has 1 unspecified atom stereocenters. The topological polar surface area (TPSA) is 18.5 Å². The monoisotopic (exact) mass is 630 g/mol. The predicted molar refractivity (Wildman–Crippen MR) is 180 cm³/mol. The Morgan fingerprint density at radius 3 is 1.56 bits per heavy atom. The fourth-order valence-electron chi connectivity index (χ4n) is 6.72. The van der Waals surface area contributed by atoms with Crippen molar-refractivity contribution >= 4 is 58.4 Å². The van der Waals surface area contributed by atoms with Crippen LogP contribution in [-0.2, 0) is 9.47 Å². The summed E-state index contributed by atoms with van der Waals surface area (Å²) in [6.07, 6.45) is 7.42. The summed E-state index contributed by atoms with van der Waals surface area (Å²) in [5, 5.41) is 6.26. The zero-order chi connectivity index (χ0) is 29.3. The zero-order valence-corrected chi connectivity index (χ0v) is 28.1. The molecule has 1 aliphatic carbocycles. The summed E-state index contributed by atoms with van der Waals surface area (Å²) < 4.78 is 12.8. The molecular formula is C35H45Cl3O2Si. The number of hydrogen-bond donors (Lipinski definition) is 0. The molecule has 1 saturated carbocycles. The van der Waals surface area contributed by atoms with Gasteiger partial charge < -0.3 is 9.47 Å². The summed E-state index contributed by atoms with van der Waals surface area (Å²) in [6, 6.07) is 26.6. The largest absolute Gasteiger partial charge is 0.381 e. The van der Waals surface area contributed by atoms with Crippen molar-refractivity contribution < 1.29 is 9.47 Å². The first-order valence-corrected chi connectivity index (χ1v) is 18.6. The minimum atomic E-state index is -2.55. The molecule has 3 aromatic rings. The van der Waals surface area contributed by atoms with Gasteiger partial charge >= 0.3 is 0 Å². The summed E-state index contributed by atoms with van der Waals surface area (Å²) >= 11 is 19.3. The van der Waals surface area contributed by atoms with Gasteiger partial charge in [-0.2, -0.15) is 0 Å². The Bertz CT molecular complexity index is 1080. The molecule has 4 rings (SSSR count). The highest BCUT2D eigenvalue weighted by molar-refractivity contribution is 7.11. The van der Waals surface area contributed by atoms with E-state index >= 15 is 0 Å². The van der Waals surface area contributed by atoms with Gasteiger partial charge in [-0.25, -0.2) is 0 Å². The average molecular weight is 632 g/mol. The first-order chi connectivity index (χ1) is 19.8. The van der Waals surface area contributed by atoms with E-state index in [9.17, 15) is 0 Å². The SMILES string of the molecule is CCOCC(CC[Si](c1ccc(Cl)cc1)(c1ccc(Cl)cc1)c1ccc(Cl)cc1)(COCC(C)C)C1CCCCC1. The summed E-state index contributed by atoms with van der Waals surface area (Å²) in [6.45, 7) is 9.52. The van der Waals surface area contributed by atoms with E-state index in [4.69, 9.17) is 44.3 Å². The molecule has 0 aromatic heterocycles. The van der Waals surface area contributed by atoms with E-state index in [0.717, 1.165) is 47.4 Å². The van der Waals surface area contributed by atoms with Crippen molar-refractivity contribution in [3.8, 4) is 0 Å². The molecule has 1 atom stereocenters. The highest BCUT2D eigenvalue weighted by atomic mass is 35.5. The Morgan fingerprint density at radius 1 is 0.707 bits per heavy atom. The fraction of sp³-hybridized carbons (Fsp3) is 0.486. The molecule has 0 radical (unpaired) electrons. The second kappa shape index (κ2) is 15.4. The quantitative estimate of drug-likeness (QED) is 0.131. The van der Waals surface area contributed by atoms with Gasteiger partial charge in [0.1, 0.15) is 8.07 Å². The molecule has 222 valence electrons. The Hall–Kier alpha value is -1.33. The molecule has 41 heavy (non-hydrogen) atoms. The summed E-state index contributed by atoms with van der Waals surface area (Å²) in [5.74, 6) is 1.08. The van der Waals surface area contributed by atoms with Crippen LogP contribution in [0.3, 0.4) is 0 Å². The standard InChI is InChI=1S/C35H45Cl3O2Si/c1-4-39-25-35(26-40-24-27(2)3,28-8-6-5-7-9-28)22-23-41(32-16-10-29(36)11-17-32,33-18-12-30(37)13-19-33)34-20-14-31(38)15-21-34/h10-21,27-28H,4-9,22-26H2,1-3H3. The zero-order valence-electron chi connectivity index (χ0n) is 24.8. The van der Waals surface area contributed by atoms with Gasteiger partial charge in [-0.3, -0.25) is 0 Å². The second-order valence-electron chi connectivity index (χ2n) is 12.2. The van der Waals surface area contributed by atoms with Crippen LogP contribution < -0.4 is 15.6 Å². The van der Waals surface area contributed by atoms with Gasteiger partial charge in [0.25, 0.3) is 0 Å². The van der Waals surface area contributed by atoms with Gasteiger partial charge in [-0.1, -0.05) is 104 Å². The van der Waals surface area contributed by atoms with Crippen LogP contribution >= 0.6 is 34.8 Å². The van der Waals surface area contributed by atoms with E-state index in [1.54, 1.807) is 0 Å². The van der Waals surface area contributed by atoms with Gasteiger partial charge in [0.2, 0.25) is 0 Å². The fourth-order valence-corrected chi connectivity index (χ4v) is 12.0. The maximum Gasteiger partial charge on any atom is 0.148 e. The summed E-state index contributed by atoms with van der Waals surface area (Å²) in [4.78, 5) is 0. The minimum Gasteiger partial charge on any atom is -0.381 e. The van der Waals surface area contributed by atoms with Crippen LogP contribution in [0, 0.1) is 17.3 Å². The summed E-state index contributed by atoms with van der Waals surface area (Å²) in [5.41, 5.74) is -0.0468. The number of rotatable bonds is 14. The van der Waals surface area contributed by atoms with Crippen LogP contribution in [0.25, 0.3) is 0 Å². The third-order valence-electron chi connectivity index (χ3n) is 8.91. The van der Waals surface area contributed by atoms with Crippen LogP contribution in [0.5, 0.6) is 0 Å². The van der Waals surface area contributed by atoms with Gasteiger partial charge in [0.05, 0.1) is 13.2 Å². The molecule has 1 aliphatic rings. The van der Waals surface area contributed by atoms with Crippen LogP contribution in [0.1, 0.15) is 59.3 Å². The molecule has 0 amide bonds. The molecule has 0 bridgehead atoms. The van der Waals surface area contributed by atoms with Crippen LogP contribution in [0.2, 0.25) is 21.1 Å². The van der Waals surface area contributed by atoms with Crippen LogP contribution in [0.15, 0.2) is 72.8 Å². The maximum atomic E-state index is 6.52. The average Bonchev–Trinajstić information content (AvgIpc) is 2.98. The van der Waals surface area contributed by atoms with E-state index in [0.29, 0.717) is 18.4 Å². The Kier molecular flexibility index (Phi) is 12.2. The van der Waals surface area contributed by atoms with E-state index in [1.165, 1.54) is 47.7 Å². The minimum absolute atomic E-state index is 0.0468. The van der Waals surface area contributed by atoms with Gasteiger partial charge in [0, 0.05) is 33.7 Å². The third kappa shape index (κ3) is 8.19. The molecule has 0 saturated heterocycles. The number of hydrogen-bond acceptors (Lipinski definition) is 2. The van der Waals surface area contributed by atoms with Crippen molar-refractivity contribution in [2.75, 3.05) is 26.4 Å². The van der Waals surface area contributed by atoms with E-state index in [1.807, 2.05) is 36.4 Å². The van der Waals surface area contributed by atoms with Crippen molar-refractivity contribution in [2.45, 2.75) is 65.3 Å². The van der Waals surface area contributed by atoms with Gasteiger partial charge in [-0.05, 0) is 96.0 Å². The number of benzene rings is 3. The Labute approximate surface area is 263 Å². The second-order valence-corrected chi connectivity index (χ2v) is 17.5. The third-order valence-corrected chi connectivity index (χ3v) is 14.6. The lowest BCUT2D eigenvalue weighted by Crippen LogP contribution is -2.67. The molecule has 1 fully saturated rings.